The van der Waals surface area contributed by atoms with Gasteiger partial charge in [-0.15, -0.1) is 0 Å². The smallest absolute Gasteiger partial charge is 0.0639 e. The van der Waals surface area contributed by atoms with Crippen molar-refractivity contribution in [1.29, 1.82) is 0 Å². The van der Waals surface area contributed by atoms with Crippen LogP contribution in [0.15, 0.2) is 22.7 Å². The van der Waals surface area contributed by atoms with Crippen LogP contribution in [0.3, 0.4) is 0 Å². The van der Waals surface area contributed by atoms with Gasteiger partial charge in [-0.3, -0.25) is 0 Å². The average Bonchev–Trinajstić information content (AvgIpc) is 2.22. The van der Waals surface area contributed by atoms with Crippen molar-refractivity contribution in [2.24, 2.45) is 5.92 Å². The van der Waals surface area contributed by atoms with Crippen LogP contribution in [0.2, 0.25) is 0 Å². The number of ether oxygens (including phenoxy) is 1. The van der Waals surface area contributed by atoms with Gasteiger partial charge in [-0.2, -0.15) is 0 Å². The van der Waals surface area contributed by atoms with Crippen LogP contribution in [0.5, 0.6) is 0 Å². The molecule has 0 fully saturated rings. The Balaban J connectivity index is 2.29. The topological polar surface area (TPSA) is 47.3 Å². The number of nitrogens with one attached hydrogen (secondary N) is 1. The highest BCUT2D eigenvalue weighted by Crippen LogP contribution is 2.22. The van der Waals surface area contributed by atoms with Crippen LogP contribution in [0.25, 0.3) is 0 Å². The van der Waals surface area contributed by atoms with Crippen LogP contribution in [0.4, 0.5) is 11.4 Å². The summed E-state index contributed by atoms with van der Waals surface area (Å²) >= 11 is 3.41. The molecule has 0 heterocycles. The average molecular weight is 287 g/mol. The molecule has 0 aliphatic heterocycles. The van der Waals surface area contributed by atoms with E-state index in [0.29, 0.717) is 12.5 Å². The molecule has 3 nitrogen and oxygen atoms in total. The third kappa shape index (κ3) is 4.86. The summed E-state index contributed by atoms with van der Waals surface area (Å²) in [6, 6.07) is 5.77. The van der Waals surface area contributed by atoms with Crippen LogP contribution >= 0.6 is 15.9 Å². The van der Waals surface area contributed by atoms with Crippen molar-refractivity contribution in [2.45, 2.75) is 13.8 Å². The summed E-state index contributed by atoms with van der Waals surface area (Å²) in [7, 11) is 0. The number of hydrogen-bond acceptors (Lipinski definition) is 3. The highest BCUT2D eigenvalue weighted by Gasteiger charge is 1.99. The summed E-state index contributed by atoms with van der Waals surface area (Å²) in [4.78, 5) is 0. The molecular formula is C12H19BrN2O. The van der Waals surface area contributed by atoms with E-state index < -0.39 is 0 Å². The monoisotopic (exact) mass is 286 g/mol. The molecule has 1 aromatic rings. The van der Waals surface area contributed by atoms with Crippen LogP contribution < -0.4 is 11.1 Å². The fourth-order valence-electron chi connectivity index (χ4n) is 1.26. The zero-order chi connectivity index (χ0) is 12.0. The molecule has 0 aliphatic carbocycles. The Morgan fingerprint density at radius 1 is 1.44 bits per heavy atom. The summed E-state index contributed by atoms with van der Waals surface area (Å²) in [5.74, 6) is 0.580. The van der Waals surface area contributed by atoms with Gasteiger partial charge >= 0.3 is 0 Å². The molecule has 90 valence electrons. The van der Waals surface area contributed by atoms with Gasteiger partial charge in [0.2, 0.25) is 0 Å². The number of hydrogen-bond donors (Lipinski definition) is 2. The molecule has 0 aliphatic rings. The van der Waals surface area contributed by atoms with Crippen LogP contribution in [0, 0.1) is 5.92 Å². The van der Waals surface area contributed by atoms with Crippen molar-refractivity contribution in [2.75, 3.05) is 30.8 Å². The molecule has 0 aromatic heterocycles. The van der Waals surface area contributed by atoms with Gasteiger partial charge in [0.05, 0.1) is 18.0 Å². The van der Waals surface area contributed by atoms with Crippen molar-refractivity contribution in [3.8, 4) is 0 Å². The molecule has 0 radical (unpaired) electrons. The molecule has 1 aromatic carbocycles. The molecule has 1 rings (SSSR count). The zero-order valence-electron chi connectivity index (χ0n) is 9.79. The first-order chi connectivity index (χ1) is 7.59. The van der Waals surface area contributed by atoms with Gasteiger partial charge in [0.15, 0.2) is 0 Å². The predicted octanol–water partition coefficient (Wildman–Crippen LogP) is 3.12. The van der Waals surface area contributed by atoms with E-state index in [1.807, 2.05) is 18.2 Å². The summed E-state index contributed by atoms with van der Waals surface area (Å²) in [6.07, 6.45) is 0. The highest BCUT2D eigenvalue weighted by atomic mass is 79.9. The lowest BCUT2D eigenvalue weighted by Crippen LogP contribution is -2.12. The third-order valence-corrected chi connectivity index (χ3v) is 2.52. The number of benzene rings is 1. The van der Waals surface area contributed by atoms with E-state index in [2.05, 4.69) is 35.1 Å². The molecular weight excluding hydrogens is 268 g/mol. The van der Waals surface area contributed by atoms with E-state index in [-0.39, 0.29) is 0 Å². The normalized spacial score (nSPS) is 10.8. The Kier molecular flexibility index (Phi) is 5.63. The minimum absolute atomic E-state index is 0.580. The van der Waals surface area contributed by atoms with Gasteiger partial charge < -0.3 is 15.8 Å². The van der Waals surface area contributed by atoms with E-state index in [4.69, 9.17) is 10.5 Å². The molecule has 0 saturated carbocycles. The molecule has 0 unspecified atom stereocenters. The lowest BCUT2D eigenvalue weighted by Gasteiger charge is -2.11. The number of nitrogen functional groups attached to an aromatic ring is 1. The second-order valence-corrected chi connectivity index (χ2v) is 5.04. The third-order valence-electron chi connectivity index (χ3n) is 2.03. The Morgan fingerprint density at radius 3 is 2.88 bits per heavy atom. The largest absolute Gasteiger partial charge is 0.397 e. The maximum atomic E-state index is 5.83. The van der Waals surface area contributed by atoms with Gasteiger partial charge in [-0.25, -0.2) is 0 Å². The van der Waals surface area contributed by atoms with E-state index in [1.54, 1.807) is 0 Å². The Bertz CT molecular complexity index is 329. The molecule has 0 atom stereocenters. The Labute approximate surface area is 105 Å². The fourth-order valence-corrected chi connectivity index (χ4v) is 1.62. The zero-order valence-corrected chi connectivity index (χ0v) is 11.4. The molecule has 3 N–H and O–H groups in total. The number of nitrogens with two attached hydrogens (primary N) is 1. The van der Waals surface area contributed by atoms with Gasteiger partial charge in [0.1, 0.15) is 0 Å². The van der Waals surface area contributed by atoms with Crippen molar-refractivity contribution < 1.29 is 4.74 Å². The van der Waals surface area contributed by atoms with E-state index in [0.717, 1.165) is 29.0 Å². The van der Waals surface area contributed by atoms with Crippen LogP contribution in [-0.4, -0.2) is 19.8 Å². The second-order valence-electron chi connectivity index (χ2n) is 4.13. The maximum absolute atomic E-state index is 5.83. The Hall–Kier alpha value is -0.740. The first-order valence-corrected chi connectivity index (χ1v) is 6.25. The molecule has 0 amide bonds. The number of rotatable bonds is 6. The van der Waals surface area contributed by atoms with Crippen LogP contribution in [-0.2, 0) is 4.74 Å². The van der Waals surface area contributed by atoms with Gasteiger partial charge in [0.25, 0.3) is 0 Å². The summed E-state index contributed by atoms with van der Waals surface area (Å²) in [6.45, 7) is 6.55. The van der Waals surface area contributed by atoms with Crippen molar-refractivity contribution in [3.05, 3.63) is 22.7 Å². The first kappa shape index (κ1) is 13.3. The van der Waals surface area contributed by atoms with Crippen molar-refractivity contribution in [3.63, 3.8) is 0 Å². The van der Waals surface area contributed by atoms with Crippen molar-refractivity contribution >= 4 is 27.3 Å². The predicted molar refractivity (Wildman–Crippen MR) is 72.7 cm³/mol. The second kappa shape index (κ2) is 6.76. The molecule has 16 heavy (non-hydrogen) atoms. The maximum Gasteiger partial charge on any atom is 0.0639 e. The number of halogens is 1. The lowest BCUT2D eigenvalue weighted by molar-refractivity contribution is 0.118. The minimum Gasteiger partial charge on any atom is -0.397 e. The SMILES string of the molecule is CC(C)COCCNc1cc(Br)ccc1N. The van der Waals surface area contributed by atoms with E-state index >= 15 is 0 Å². The number of anilines is 2. The van der Waals surface area contributed by atoms with E-state index in [1.165, 1.54) is 0 Å². The van der Waals surface area contributed by atoms with E-state index in [9.17, 15) is 0 Å². The summed E-state index contributed by atoms with van der Waals surface area (Å²) < 4.78 is 6.49. The molecule has 4 heteroatoms. The minimum atomic E-state index is 0.580. The summed E-state index contributed by atoms with van der Waals surface area (Å²) in [5, 5.41) is 3.25. The summed E-state index contributed by atoms with van der Waals surface area (Å²) in [5.41, 5.74) is 7.53. The van der Waals surface area contributed by atoms with Crippen LogP contribution in [0.1, 0.15) is 13.8 Å². The Morgan fingerprint density at radius 2 is 2.19 bits per heavy atom. The molecule has 0 bridgehead atoms. The van der Waals surface area contributed by atoms with Gasteiger partial charge in [0, 0.05) is 17.6 Å². The standard InChI is InChI=1S/C12H19BrN2O/c1-9(2)8-16-6-5-15-12-7-10(13)3-4-11(12)14/h3-4,7,9,15H,5-6,8,14H2,1-2H3. The molecule has 0 spiro atoms. The first-order valence-electron chi connectivity index (χ1n) is 5.46. The quantitative estimate of drug-likeness (QED) is 0.624. The van der Waals surface area contributed by atoms with Gasteiger partial charge in [-0.1, -0.05) is 29.8 Å². The lowest BCUT2D eigenvalue weighted by atomic mass is 10.2. The van der Waals surface area contributed by atoms with Gasteiger partial charge in [-0.05, 0) is 24.1 Å². The fraction of sp³-hybridized carbons (Fsp3) is 0.500. The highest BCUT2D eigenvalue weighted by molar-refractivity contribution is 9.10. The van der Waals surface area contributed by atoms with Crippen molar-refractivity contribution in [1.82, 2.24) is 0 Å². The molecule has 0 saturated heterocycles.